The van der Waals surface area contributed by atoms with Crippen molar-refractivity contribution in [3.8, 4) is 16.9 Å². The van der Waals surface area contributed by atoms with Gasteiger partial charge in [0.05, 0.1) is 0 Å². The minimum absolute atomic E-state index is 0.186. The maximum Gasteiger partial charge on any atom is 0.126 e. The van der Waals surface area contributed by atoms with Gasteiger partial charge in [-0.15, -0.1) is 0 Å². The summed E-state index contributed by atoms with van der Waals surface area (Å²) >= 11 is 0. The summed E-state index contributed by atoms with van der Waals surface area (Å²) in [5, 5.41) is 9.60. The highest BCUT2D eigenvalue weighted by molar-refractivity contribution is 5.72. The number of halogens is 2. The second-order valence-electron chi connectivity index (χ2n) is 3.57. The molecule has 1 nitrogen and oxygen atoms in total. The SMILES string of the molecule is Cc1c(F)cccc1-c1ccc(F)cc1O. The van der Waals surface area contributed by atoms with E-state index in [1.807, 2.05) is 0 Å². The van der Waals surface area contributed by atoms with Crippen LogP contribution in [0.1, 0.15) is 5.56 Å². The van der Waals surface area contributed by atoms with Gasteiger partial charge in [-0.1, -0.05) is 12.1 Å². The zero-order valence-corrected chi connectivity index (χ0v) is 8.67. The summed E-state index contributed by atoms with van der Waals surface area (Å²) in [4.78, 5) is 0. The van der Waals surface area contributed by atoms with Crippen molar-refractivity contribution in [1.82, 2.24) is 0 Å². The quantitative estimate of drug-likeness (QED) is 0.777. The lowest BCUT2D eigenvalue weighted by Crippen LogP contribution is -1.88. The molecule has 82 valence electrons. The van der Waals surface area contributed by atoms with Gasteiger partial charge in [-0.25, -0.2) is 8.78 Å². The topological polar surface area (TPSA) is 20.2 Å². The van der Waals surface area contributed by atoms with E-state index in [4.69, 9.17) is 0 Å². The van der Waals surface area contributed by atoms with Crippen molar-refractivity contribution >= 4 is 0 Å². The molecule has 0 aromatic heterocycles. The van der Waals surface area contributed by atoms with Crippen molar-refractivity contribution in [2.24, 2.45) is 0 Å². The Kier molecular flexibility index (Phi) is 2.60. The molecule has 0 radical (unpaired) electrons. The zero-order valence-electron chi connectivity index (χ0n) is 8.67. The highest BCUT2D eigenvalue weighted by atomic mass is 19.1. The molecule has 0 aliphatic heterocycles. The Labute approximate surface area is 92.0 Å². The van der Waals surface area contributed by atoms with E-state index in [0.717, 1.165) is 6.07 Å². The highest BCUT2D eigenvalue weighted by Gasteiger charge is 2.10. The van der Waals surface area contributed by atoms with Crippen LogP contribution in [0.3, 0.4) is 0 Å². The maximum atomic E-state index is 13.3. The van der Waals surface area contributed by atoms with Gasteiger partial charge >= 0.3 is 0 Å². The number of rotatable bonds is 1. The lowest BCUT2D eigenvalue weighted by atomic mass is 9.99. The number of phenols is 1. The average molecular weight is 220 g/mol. The van der Waals surface area contributed by atoms with Crippen LogP contribution in [0, 0.1) is 18.6 Å². The van der Waals surface area contributed by atoms with Crippen molar-refractivity contribution in [2.75, 3.05) is 0 Å². The number of hydrogen-bond acceptors (Lipinski definition) is 1. The first-order valence-corrected chi connectivity index (χ1v) is 4.83. The standard InChI is InChI=1S/C13H10F2O/c1-8-10(3-2-4-12(8)15)11-6-5-9(14)7-13(11)16/h2-7,16H,1H3. The number of benzene rings is 2. The number of aromatic hydroxyl groups is 1. The van der Waals surface area contributed by atoms with Gasteiger partial charge in [0.1, 0.15) is 17.4 Å². The second kappa shape index (κ2) is 3.93. The van der Waals surface area contributed by atoms with Crippen LogP contribution < -0.4 is 0 Å². The summed E-state index contributed by atoms with van der Waals surface area (Å²) in [7, 11) is 0. The largest absolute Gasteiger partial charge is 0.507 e. The van der Waals surface area contributed by atoms with E-state index in [2.05, 4.69) is 0 Å². The third-order valence-electron chi connectivity index (χ3n) is 2.52. The molecule has 1 N–H and O–H groups in total. The van der Waals surface area contributed by atoms with Gasteiger partial charge in [0, 0.05) is 11.6 Å². The third kappa shape index (κ3) is 1.76. The molecule has 0 amide bonds. The molecule has 0 saturated heterocycles. The van der Waals surface area contributed by atoms with Crippen LogP contribution in [-0.4, -0.2) is 5.11 Å². The van der Waals surface area contributed by atoms with E-state index in [0.29, 0.717) is 16.7 Å². The summed E-state index contributed by atoms with van der Waals surface area (Å²) in [5.74, 6) is -1.05. The fraction of sp³-hybridized carbons (Fsp3) is 0.0769. The van der Waals surface area contributed by atoms with E-state index < -0.39 is 5.82 Å². The van der Waals surface area contributed by atoms with Gasteiger partial charge < -0.3 is 5.11 Å². The molecule has 16 heavy (non-hydrogen) atoms. The molecule has 0 fully saturated rings. The van der Waals surface area contributed by atoms with Gasteiger partial charge in [-0.3, -0.25) is 0 Å². The van der Waals surface area contributed by atoms with Crippen molar-refractivity contribution in [2.45, 2.75) is 6.92 Å². The first kappa shape index (κ1) is 10.6. The summed E-state index contributed by atoms with van der Waals surface area (Å²) in [6.45, 7) is 1.62. The predicted molar refractivity (Wildman–Crippen MR) is 58.2 cm³/mol. The molecule has 0 saturated carbocycles. The lowest BCUT2D eigenvalue weighted by Gasteiger charge is -2.08. The minimum Gasteiger partial charge on any atom is -0.507 e. The van der Waals surface area contributed by atoms with Gasteiger partial charge in [0.25, 0.3) is 0 Å². The summed E-state index contributed by atoms with van der Waals surface area (Å²) in [5.41, 5.74) is 1.43. The molecule has 0 heterocycles. The van der Waals surface area contributed by atoms with Crippen LogP contribution in [0.25, 0.3) is 11.1 Å². The van der Waals surface area contributed by atoms with Crippen LogP contribution in [0.2, 0.25) is 0 Å². The van der Waals surface area contributed by atoms with Gasteiger partial charge in [0.15, 0.2) is 0 Å². The Morgan fingerprint density at radius 1 is 1.00 bits per heavy atom. The Morgan fingerprint density at radius 2 is 1.75 bits per heavy atom. The summed E-state index contributed by atoms with van der Waals surface area (Å²) < 4.78 is 26.1. The first-order valence-electron chi connectivity index (χ1n) is 4.83. The normalized spacial score (nSPS) is 10.4. The number of hydrogen-bond donors (Lipinski definition) is 1. The van der Waals surface area contributed by atoms with Crippen molar-refractivity contribution in [3.63, 3.8) is 0 Å². The molecule has 3 heteroatoms. The van der Waals surface area contributed by atoms with Gasteiger partial charge in [-0.2, -0.15) is 0 Å². The monoisotopic (exact) mass is 220 g/mol. The van der Waals surface area contributed by atoms with Crippen LogP contribution in [-0.2, 0) is 0 Å². The van der Waals surface area contributed by atoms with E-state index in [1.165, 1.54) is 18.2 Å². The van der Waals surface area contributed by atoms with Crippen molar-refractivity contribution in [3.05, 3.63) is 53.6 Å². The van der Waals surface area contributed by atoms with E-state index in [-0.39, 0.29) is 11.6 Å². The molecule has 2 aromatic rings. The molecular formula is C13H10F2O. The van der Waals surface area contributed by atoms with E-state index in [1.54, 1.807) is 19.1 Å². The highest BCUT2D eigenvalue weighted by Crippen LogP contribution is 2.32. The molecule has 0 bridgehead atoms. The van der Waals surface area contributed by atoms with Crippen molar-refractivity contribution in [1.29, 1.82) is 0 Å². The molecule has 0 aliphatic rings. The smallest absolute Gasteiger partial charge is 0.126 e. The van der Waals surface area contributed by atoms with Crippen LogP contribution in [0.5, 0.6) is 5.75 Å². The molecular weight excluding hydrogens is 210 g/mol. The second-order valence-corrected chi connectivity index (χ2v) is 3.57. The fourth-order valence-electron chi connectivity index (χ4n) is 1.63. The Morgan fingerprint density at radius 3 is 2.44 bits per heavy atom. The Balaban J connectivity index is 2.63. The molecule has 2 aromatic carbocycles. The Hall–Kier alpha value is -1.90. The molecule has 0 atom stereocenters. The fourth-order valence-corrected chi connectivity index (χ4v) is 1.63. The van der Waals surface area contributed by atoms with Gasteiger partial charge in [-0.05, 0) is 36.2 Å². The van der Waals surface area contributed by atoms with Crippen LogP contribution in [0.4, 0.5) is 8.78 Å². The molecule has 0 unspecified atom stereocenters. The maximum absolute atomic E-state index is 13.3. The Bertz CT molecular complexity index is 535. The minimum atomic E-state index is -0.518. The average Bonchev–Trinajstić information content (AvgIpc) is 2.23. The first-order chi connectivity index (χ1) is 7.59. The summed E-state index contributed by atoms with van der Waals surface area (Å²) in [6.07, 6.45) is 0. The van der Waals surface area contributed by atoms with E-state index >= 15 is 0 Å². The summed E-state index contributed by atoms with van der Waals surface area (Å²) in [6, 6.07) is 8.27. The van der Waals surface area contributed by atoms with Crippen LogP contribution in [0.15, 0.2) is 36.4 Å². The zero-order chi connectivity index (χ0) is 11.7. The van der Waals surface area contributed by atoms with Gasteiger partial charge in [0.2, 0.25) is 0 Å². The predicted octanol–water partition coefficient (Wildman–Crippen LogP) is 3.65. The number of phenolic OH excluding ortho intramolecular Hbond substituents is 1. The lowest BCUT2D eigenvalue weighted by molar-refractivity contribution is 0.471. The molecule has 2 rings (SSSR count). The van der Waals surface area contributed by atoms with E-state index in [9.17, 15) is 13.9 Å². The molecule has 0 aliphatic carbocycles. The third-order valence-corrected chi connectivity index (χ3v) is 2.52. The van der Waals surface area contributed by atoms with Crippen molar-refractivity contribution < 1.29 is 13.9 Å². The molecule has 0 spiro atoms. The van der Waals surface area contributed by atoms with Crippen LogP contribution >= 0.6 is 0 Å².